The molecule has 0 aliphatic carbocycles. The summed E-state index contributed by atoms with van der Waals surface area (Å²) in [7, 11) is 0. The zero-order chi connectivity index (χ0) is 11.4. The number of nitrogens with one attached hydrogen (secondary N) is 1. The van der Waals surface area contributed by atoms with Crippen LogP contribution in [0.3, 0.4) is 0 Å². The first kappa shape index (κ1) is 11.2. The average Bonchev–Trinajstić information content (AvgIpc) is 2.27. The van der Waals surface area contributed by atoms with Crippen LogP contribution in [0.2, 0.25) is 0 Å². The van der Waals surface area contributed by atoms with Crippen molar-refractivity contribution in [1.29, 1.82) is 0 Å². The average molecular weight is 224 g/mol. The minimum absolute atomic E-state index is 0.222. The van der Waals surface area contributed by atoms with E-state index in [4.69, 9.17) is 0 Å². The Balaban J connectivity index is 2.04. The van der Waals surface area contributed by atoms with E-state index in [0.29, 0.717) is 5.56 Å². The summed E-state index contributed by atoms with van der Waals surface area (Å²) in [6.07, 6.45) is 3.67. The lowest BCUT2D eigenvalue weighted by Crippen LogP contribution is -2.32. The number of hydrogen-bond donors (Lipinski definition) is 1. The Kier molecular flexibility index (Phi) is 3.62. The number of piperidine rings is 1. The first-order chi connectivity index (χ1) is 7.74. The summed E-state index contributed by atoms with van der Waals surface area (Å²) >= 11 is 0. The molecule has 1 aromatic rings. The highest BCUT2D eigenvalue weighted by Gasteiger charge is 2.10. The van der Waals surface area contributed by atoms with Gasteiger partial charge < -0.3 is 5.32 Å². The van der Waals surface area contributed by atoms with Crippen molar-refractivity contribution < 1.29 is 8.78 Å². The van der Waals surface area contributed by atoms with Crippen molar-refractivity contribution in [3.05, 3.63) is 35.4 Å². The summed E-state index contributed by atoms with van der Waals surface area (Å²) < 4.78 is 25.8. The monoisotopic (exact) mass is 224 g/mol. The van der Waals surface area contributed by atoms with Gasteiger partial charge in [-0.2, -0.15) is 0 Å². The Hall–Kier alpha value is -1.29. The maximum atomic E-state index is 12.9. The number of benzene rings is 1. The molecular formula is C12H14F2N2. The van der Waals surface area contributed by atoms with Crippen molar-refractivity contribution in [3.63, 3.8) is 0 Å². The van der Waals surface area contributed by atoms with Crippen LogP contribution in [0.4, 0.5) is 8.78 Å². The Bertz CT molecular complexity index is 364. The van der Waals surface area contributed by atoms with Crippen molar-refractivity contribution in [3.8, 4) is 0 Å². The summed E-state index contributed by atoms with van der Waals surface area (Å²) in [6.45, 7) is 1.87. The fourth-order valence-corrected chi connectivity index (χ4v) is 1.80. The van der Waals surface area contributed by atoms with Crippen LogP contribution in [0.5, 0.6) is 0 Å². The molecule has 1 heterocycles. The minimum Gasteiger partial charge on any atom is -0.315 e. The molecule has 4 heteroatoms. The fourth-order valence-electron chi connectivity index (χ4n) is 1.80. The highest BCUT2D eigenvalue weighted by atomic mass is 19.1. The van der Waals surface area contributed by atoms with Crippen LogP contribution in [0.25, 0.3) is 0 Å². The van der Waals surface area contributed by atoms with Crippen LogP contribution in [0.15, 0.2) is 23.2 Å². The quantitative estimate of drug-likeness (QED) is 0.765. The minimum atomic E-state index is -0.566. The van der Waals surface area contributed by atoms with Gasteiger partial charge >= 0.3 is 0 Å². The van der Waals surface area contributed by atoms with Gasteiger partial charge in [-0.25, -0.2) is 8.78 Å². The van der Waals surface area contributed by atoms with Crippen molar-refractivity contribution in [2.24, 2.45) is 4.99 Å². The highest BCUT2D eigenvalue weighted by molar-refractivity contribution is 5.79. The van der Waals surface area contributed by atoms with E-state index < -0.39 is 11.6 Å². The molecule has 0 aromatic heterocycles. The third kappa shape index (κ3) is 3.10. The molecule has 1 N–H and O–H groups in total. The zero-order valence-electron chi connectivity index (χ0n) is 8.92. The molecule has 0 spiro atoms. The van der Waals surface area contributed by atoms with E-state index >= 15 is 0 Å². The lowest BCUT2D eigenvalue weighted by Gasteiger charge is -2.18. The van der Waals surface area contributed by atoms with Crippen molar-refractivity contribution in [2.45, 2.75) is 18.9 Å². The maximum absolute atomic E-state index is 12.9. The smallest absolute Gasteiger partial charge is 0.126 e. The van der Waals surface area contributed by atoms with E-state index in [0.717, 1.165) is 32.0 Å². The Morgan fingerprint density at radius 2 is 2.00 bits per heavy atom. The van der Waals surface area contributed by atoms with Gasteiger partial charge in [-0.3, -0.25) is 4.99 Å². The lowest BCUT2D eigenvalue weighted by atomic mass is 10.1. The van der Waals surface area contributed by atoms with Crippen LogP contribution >= 0.6 is 0 Å². The topological polar surface area (TPSA) is 24.4 Å². The number of hydrogen-bond acceptors (Lipinski definition) is 2. The standard InChI is InChI=1S/C12H14F2N2/c13-10-4-9(5-11(14)6-10)7-16-12-2-1-3-15-8-12/h4-7,12,15H,1-3,8H2. The molecule has 1 fully saturated rings. The molecule has 1 aromatic carbocycles. The van der Waals surface area contributed by atoms with Crippen LogP contribution in [-0.4, -0.2) is 25.3 Å². The first-order valence-electron chi connectivity index (χ1n) is 5.44. The van der Waals surface area contributed by atoms with Crippen LogP contribution in [0.1, 0.15) is 18.4 Å². The molecule has 0 radical (unpaired) electrons. The van der Waals surface area contributed by atoms with E-state index in [1.165, 1.54) is 12.1 Å². The molecule has 0 bridgehead atoms. The highest BCUT2D eigenvalue weighted by Crippen LogP contribution is 2.08. The summed E-state index contributed by atoms with van der Waals surface area (Å²) in [5.41, 5.74) is 0.475. The van der Waals surface area contributed by atoms with Gasteiger partial charge in [-0.1, -0.05) is 0 Å². The van der Waals surface area contributed by atoms with E-state index in [2.05, 4.69) is 10.3 Å². The molecule has 86 valence electrons. The maximum Gasteiger partial charge on any atom is 0.126 e. The fraction of sp³-hybridized carbons (Fsp3) is 0.417. The molecule has 1 unspecified atom stereocenters. The molecule has 16 heavy (non-hydrogen) atoms. The van der Waals surface area contributed by atoms with Crippen molar-refractivity contribution in [2.75, 3.05) is 13.1 Å². The molecule has 1 atom stereocenters. The summed E-state index contributed by atoms with van der Waals surface area (Å²) in [6, 6.07) is 3.64. The third-order valence-corrected chi connectivity index (χ3v) is 2.59. The number of halogens is 2. The van der Waals surface area contributed by atoms with E-state index in [-0.39, 0.29) is 6.04 Å². The van der Waals surface area contributed by atoms with Gasteiger partial charge in [0, 0.05) is 18.8 Å². The second kappa shape index (κ2) is 5.16. The number of rotatable bonds is 2. The van der Waals surface area contributed by atoms with Gasteiger partial charge in [-0.15, -0.1) is 0 Å². The molecule has 1 aliphatic rings. The molecule has 2 nitrogen and oxygen atoms in total. The van der Waals surface area contributed by atoms with Gasteiger partial charge in [0.1, 0.15) is 11.6 Å². The second-order valence-electron chi connectivity index (χ2n) is 3.98. The van der Waals surface area contributed by atoms with Gasteiger partial charge in [0.25, 0.3) is 0 Å². The normalized spacial score (nSPS) is 21.5. The van der Waals surface area contributed by atoms with E-state index in [1.807, 2.05) is 0 Å². The second-order valence-corrected chi connectivity index (χ2v) is 3.98. The van der Waals surface area contributed by atoms with Gasteiger partial charge in [0.15, 0.2) is 0 Å². The predicted octanol–water partition coefficient (Wildman–Crippen LogP) is 2.14. The Morgan fingerprint density at radius 1 is 1.25 bits per heavy atom. The third-order valence-electron chi connectivity index (χ3n) is 2.59. The van der Waals surface area contributed by atoms with Crippen molar-refractivity contribution in [1.82, 2.24) is 5.32 Å². The zero-order valence-corrected chi connectivity index (χ0v) is 8.92. The van der Waals surface area contributed by atoms with Crippen molar-refractivity contribution >= 4 is 6.21 Å². The first-order valence-corrected chi connectivity index (χ1v) is 5.44. The van der Waals surface area contributed by atoms with Gasteiger partial charge in [-0.05, 0) is 37.1 Å². The van der Waals surface area contributed by atoms with Crippen LogP contribution < -0.4 is 5.32 Å². The Labute approximate surface area is 93.4 Å². The SMILES string of the molecule is Fc1cc(F)cc(C=NC2CCCNC2)c1. The molecule has 0 amide bonds. The number of aliphatic imine (C=N–C) groups is 1. The molecule has 2 rings (SSSR count). The summed E-state index contributed by atoms with van der Waals surface area (Å²) in [4.78, 5) is 4.31. The van der Waals surface area contributed by atoms with Gasteiger partial charge in [0.2, 0.25) is 0 Å². The summed E-state index contributed by atoms with van der Waals surface area (Å²) in [5, 5.41) is 3.23. The van der Waals surface area contributed by atoms with Crippen LogP contribution in [0, 0.1) is 11.6 Å². The molecule has 1 aliphatic heterocycles. The van der Waals surface area contributed by atoms with E-state index in [1.54, 1.807) is 6.21 Å². The van der Waals surface area contributed by atoms with Gasteiger partial charge in [0.05, 0.1) is 6.04 Å². The molecule has 1 saturated heterocycles. The lowest BCUT2D eigenvalue weighted by molar-refractivity contribution is 0.462. The van der Waals surface area contributed by atoms with Crippen LogP contribution in [-0.2, 0) is 0 Å². The largest absolute Gasteiger partial charge is 0.315 e. The molecule has 0 saturated carbocycles. The predicted molar refractivity (Wildman–Crippen MR) is 59.8 cm³/mol. The molecular weight excluding hydrogens is 210 g/mol. The summed E-state index contributed by atoms with van der Waals surface area (Å²) in [5.74, 6) is -1.13. The van der Waals surface area contributed by atoms with E-state index in [9.17, 15) is 8.78 Å². The number of nitrogens with zero attached hydrogens (tertiary/aromatic N) is 1. The Morgan fingerprint density at radius 3 is 2.62 bits per heavy atom.